The van der Waals surface area contributed by atoms with Crippen LogP contribution in [0, 0.1) is 8.99 Å². The molecule has 1 unspecified atom stereocenters. The molecule has 3 aromatic rings. The van der Waals surface area contributed by atoms with Crippen molar-refractivity contribution in [3.63, 3.8) is 0 Å². The number of hydrogen-bond acceptors (Lipinski definition) is 6. The van der Waals surface area contributed by atoms with Crippen LogP contribution in [-0.2, 0) is 4.79 Å². The Morgan fingerprint density at radius 1 is 1.03 bits per heavy atom. The van der Waals surface area contributed by atoms with Gasteiger partial charge in [0.05, 0.1) is 28.1 Å². The Morgan fingerprint density at radius 3 is 2.50 bits per heavy atom. The fraction of sp³-hybridized carbons (Fsp3) is 0.241. The highest BCUT2D eigenvalue weighted by Gasteiger charge is 2.39. The van der Waals surface area contributed by atoms with E-state index in [1.165, 1.54) is 7.11 Å². The first-order valence-corrected chi connectivity index (χ1v) is 12.8. The summed E-state index contributed by atoms with van der Waals surface area (Å²) in [5, 5.41) is 17.4. The minimum absolute atomic E-state index is 0.0620. The second-order valence-corrected chi connectivity index (χ2v) is 11.2. The molecule has 0 saturated heterocycles. The molecular formula is C29H27IN2O4. The van der Waals surface area contributed by atoms with Crippen LogP contribution in [-0.4, -0.2) is 23.8 Å². The smallest absolute Gasteiger partial charge is 0.193 e. The highest BCUT2D eigenvalue weighted by Crippen LogP contribution is 2.47. The van der Waals surface area contributed by atoms with Crippen molar-refractivity contribution in [3.8, 4) is 11.5 Å². The lowest BCUT2D eigenvalue weighted by Crippen LogP contribution is -2.31. The molecule has 36 heavy (non-hydrogen) atoms. The second kappa shape index (κ2) is 9.28. The summed E-state index contributed by atoms with van der Waals surface area (Å²) >= 11 is 2.07. The Kier molecular flexibility index (Phi) is 6.28. The Balaban J connectivity index is 1.64. The summed E-state index contributed by atoms with van der Waals surface area (Å²) in [6.45, 7) is 4.18. The third-order valence-corrected chi connectivity index (χ3v) is 7.54. The van der Waals surface area contributed by atoms with Gasteiger partial charge in [-0.1, -0.05) is 44.2 Å². The number of carbonyl (C=O) groups is 2. The predicted molar refractivity (Wildman–Crippen MR) is 149 cm³/mol. The van der Waals surface area contributed by atoms with E-state index in [4.69, 9.17) is 4.74 Å². The number of carbonyl (C=O) groups excluding carboxylic acids is 2. The Morgan fingerprint density at radius 2 is 1.78 bits per heavy atom. The molecule has 184 valence electrons. The normalized spacial score (nSPS) is 18.3. The third-order valence-electron chi connectivity index (χ3n) is 6.72. The van der Waals surface area contributed by atoms with Gasteiger partial charge < -0.3 is 20.5 Å². The molecule has 1 aliphatic carbocycles. The third kappa shape index (κ3) is 4.48. The van der Waals surface area contributed by atoms with Crippen molar-refractivity contribution in [2.45, 2.75) is 32.7 Å². The molecule has 0 amide bonds. The number of aromatic hydroxyl groups is 1. The van der Waals surface area contributed by atoms with Crippen LogP contribution in [0.5, 0.6) is 11.5 Å². The van der Waals surface area contributed by atoms with E-state index in [0.29, 0.717) is 38.9 Å². The number of allylic oxidation sites excluding steroid dienone is 1. The fourth-order valence-corrected chi connectivity index (χ4v) is 5.63. The van der Waals surface area contributed by atoms with Crippen molar-refractivity contribution in [2.75, 3.05) is 17.7 Å². The molecule has 3 N–H and O–H groups in total. The van der Waals surface area contributed by atoms with Crippen LogP contribution in [0.15, 0.2) is 71.9 Å². The van der Waals surface area contributed by atoms with E-state index in [0.717, 1.165) is 22.6 Å². The minimum Gasteiger partial charge on any atom is -0.504 e. The lowest BCUT2D eigenvalue weighted by Gasteiger charge is -2.34. The summed E-state index contributed by atoms with van der Waals surface area (Å²) in [5.74, 6) is 0.434. The quantitative estimate of drug-likeness (QED) is 0.238. The van der Waals surface area contributed by atoms with Crippen molar-refractivity contribution in [3.05, 3.63) is 92.2 Å². The fourth-order valence-electron chi connectivity index (χ4n) is 5.01. The molecule has 0 saturated carbocycles. The van der Waals surface area contributed by atoms with Crippen LogP contribution in [0.25, 0.3) is 0 Å². The maximum absolute atomic E-state index is 13.5. The van der Waals surface area contributed by atoms with E-state index in [9.17, 15) is 14.7 Å². The van der Waals surface area contributed by atoms with Crippen molar-refractivity contribution in [1.82, 2.24) is 0 Å². The van der Waals surface area contributed by atoms with Gasteiger partial charge in [0.1, 0.15) is 0 Å². The van der Waals surface area contributed by atoms with Gasteiger partial charge in [0.25, 0.3) is 0 Å². The van der Waals surface area contributed by atoms with Crippen LogP contribution in [0.4, 0.5) is 11.4 Å². The van der Waals surface area contributed by atoms with Crippen molar-refractivity contribution >= 4 is 45.5 Å². The molecule has 1 aliphatic heterocycles. The summed E-state index contributed by atoms with van der Waals surface area (Å²) in [6.07, 6.45) is 1.13. The Hall–Kier alpha value is -3.33. The van der Waals surface area contributed by atoms with Crippen LogP contribution >= 0.6 is 22.6 Å². The lowest BCUT2D eigenvalue weighted by molar-refractivity contribution is -0.118. The summed E-state index contributed by atoms with van der Waals surface area (Å²) < 4.78 is 6.04. The van der Waals surface area contributed by atoms with E-state index in [-0.39, 0.29) is 22.7 Å². The zero-order valence-corrected chi connectivity index (χ0v) is 22.5. The van der Waals surface area contributed by atoms with Gasteiger partial charge in [-0.25, -0.2) is 0 Å². The number of benzene rings is 3. The van der Waals surface area contributed by atoms with Gasteiger partial charge in [0.15, 0.2) is 23.1 Å². The van der Waals surface area contributed by atoms with Gasteiger partial charge in [-0.3, -0.25) is 9.59 Å². The highest BCUT2D eigenvalue weighted by molar-refractivity contribution is 14.1. The first kappa shape index (κ1) is 24.4. The predicted octanol–water partition coefficient (Wildman–Crippen LogP) is 6.46. The molecule has 6 nitrogen and oxygen atoms in total. The van der Waals surface area contributed by atoms with Crippen LogP contribution in [0.1, 0.15) is 54.2 Å². The number of halogens is 1. The van der Waals surface area contributed by atoms with E-state index >= 15 is 0 Å². The number of phenols is 1. The zero-order valence-electron chi connectivity index (χ0n) is 20.3. The lowest BCUT2D eigenvalue weighted by atomic mass is 9.73. The van der Waals surface area contributed by atoms with E-state index in [1.807, 2.05) is 36.4 Å². The molecular weight excluding hydrogens is 567 g/mol. The molecule has 0 spiro atoms. The highest BCUT2D eigenvalue weighted by atomic mass is 127. The van der Waals surface area contributed by atoms with E-state index in [1.54, 1.807) is 24.3 Å². The van der Waals surface area contributed by atoms with Crippen LogP contribution in [0.2, 0.25) is 0 Å². The SMILES string of the molecule is COc1cc(C2Nc3ccc(C(=O)c4ccccc4)cc3NC3=C2C(=O)CC(C)(C)C3)cc(I)c1O. The Labute approximate surface area is 223 Å². The standard InChI is InChI=1S/C29H27IN2O4/c1-29(2)14-22-25(23(33)15-29)26(18-11-19(30)28(35)24(13-18)36-3)32-20-10-9-17(12-21(20)31-22)27(34)16-7-5-4-6-8-16/h4-13,26,31-32,35H,14-15H2,1-3H3. The maximum Gasteiger partial charge on any atom is 0.193 e. The molecule has 0 bridgehead atoms. The van der Waals surface area contributed by atoms with E-state index in [2.05, 4.69) is 47.1 Å². The number of methoxy groups -OCH3 is 1. The van der Waals surface area contributed by atoms with Gasteiger partial charge in [-0.15, -0.1) is 0 Å². The monoisotopic (exact) mass is 594 g/mol. The average molecular weight is 594 g/mol. The number of ketones is 2. The van der Waals surface area contributed by atoms with Crippen molar-refractivity contribution in [2.24, 2.45) is 5.41 Å². The summed E-state index contributed by atoms with van der Waals surface area (Å²) in [6, 6.07) is 17.9. The number of fused-ring (bicyclic) bond motifs is 1. The number of ether oxygens (including phenoxy) is 1. The molecule has 2 aliphatic rings. The van der Waals surface area contributed by atoms with Gasteiger partial charge in [-0.05, 0) is 70.3 Å². The second-order valence-electron chi connectivity index (χ2n) is 10.0. The molecule has 7 heteroatoms. The van der Waals surface area contributed by atoms with Gasteiger partial charge in [0, 0.05) is 28.8 Å². The number of nitrogens with one attached hydrogen (secondary N) is 2. The Bertz CT molecular complexity index is 1410. The number of phenolic OH excluding ortho intramolecular Hbond substituents is 1. The first-order chi connectivity index (χ1) is 17.2. The van der Waals surface area contributed by atoms with Gasteiger partial charge in [-0.2, -0.15) is 0 Å². The number of rotatable bonds is 4. The molecule has 0 radical (unpaired) electrons. The van der Waals surface area contributed by atoms with Crippen molar-refractivity contribution < 1.29 is 19.4 Å². The summed E-state index contributed by atoms with van der Waals surface area (Å²) in [5.41, 5.74) is 4.85. The minimum atomic E-state index is -0.448. The summed E-state index contributed by atoms with van der Waals surface area (Å²) in [7, 11) is 1.51. The van der Waals surface area contributed by atoms with Crippen LogP contribution in [0.3, 0.4) is 0 Å². The molecule has 1 atom stereocenters. The topological polar surface area (TPSA) is 87.7 Å². The molecule has 1 heterocycles. The maximum atomic E-state index is 13.5. The molecule has 0 aromatic heterocycles. The van der Waals surface area contributed by atoms with Crippen molar-refractivity contribution in [1.29, 1.82) is 0 Å². The molecule has 3 aromatic carbocycles. The first-order valence-electron chi connectivity index (χ1n) is 11.8. The number of anilines is 2. The number of Topliss-reactive ketones (excluding diaryl/α,β-unsaturated/α-hetero) is 1. The molecule has 0 fully saturated rings. The van der Waals surface area contributed by atoms with Gasteiger partial charge in [0.2, 0.25) is 0 Å². The van der Waals surface area contributed by atoms with Gasteiger partial charge >= 0.3 is 0 Å². The average Bonchev–Trinajstić information content (AvgIpc) is 3.01. The van der Waals surface area contributed by atoms with Crippen LogP contribution < -0.4 is 15.4 Å². The number of hydrogen-bond donors (Lipinski definition) is 3. The molecule has 5 rings (SSSR count). The largest absolute Gasteiger partial charge is 0.504 e. The van der Waals surface area contributed by atoms with E-state index < -0.39 is 6.04 Å². The summed E-state index contributed by atoms with van der Waals surface area (Å²) in [4.78, 5) is 26.7. The zero-order chi connectivity index (χ0) is 25.6.